The molecule has 1 aromatic carbocycles. The number of hydrogen-bond donors (Lipinski definition) is 1. The number of hydrogen-bond acceptors (Lipinski definition) is 4. The van der Waals surface area contributed by atoms with E-state index in [2.05, 4.69) is 4.90 Å². The molecule has 0 bridgehead atoms. The molecule has 0 radical (unpaired) electrons. The first-order chi connectivity index (χ1) is 9.05. The molecule has 1 fully saturated rings. The summed E-state index contributed by atoms with van der Waals surface area (Å²) < 4.78 is 18.3. The van der Waals surface area contributed by atoms with Gasteiger partial charge in [0.2, 0.25) is 0 Å². The molecule has 0 aromatic heterocycles. The normalized spacial score (nSPS) is 17.3. The number of esters is 1. The summed E-state index contributed by atoms with van der Waals surface area (Å²) in [5.41, 5.74) is 5.81. The van der Waals surface area contributed by atoms with E-state index in [1.165, 1.54) is 13.2 Å². The Morgan fingerprint density at radius 3 is 2.43 bits per heavy atom. The molecular formula is C14H21Cl2FN2O2. The lowest BCUT2D eigenvalue weighted by atomic mass is 9.88. The number of piperidine rings is 1. The summed E-state index contributed by atoms with van der Waals surface area (Å²) in [5.74, 6) is -0.557. The van der Waals surface area contributed by atoms with Crippen LogP contribution in [0.2, 0.25) is 0 Å². The van der Waals surface area contributed by atoms with Gasteiger partial charge in [0.15, 0.2) is 0 Å². The van der Waals surface area contributed by atoms with Gasteiger partial charge in [-0.2, -0.15) is 0 Å². The molecule has 4 nitrogen and oxygen atoms in total. The second kappa shape index (κ2) is 8.54. The first-order valence-corrected chi connectivity index (χ1v) is 6.38. The Kier molecular flexibility index (Phi) is 8.18. The summed E-state index contributed by atoms with van der Waals surface area (Å²) in [4.78, 5) is 13.7. The number of methoxy groups -OCH3 is 1. The van der Waals surface area contributed by atoms with E-state index in [4.69, 9.17) is 10.5 Å². The molecule has 0 aliphatic carbocycles. The van der Waals surface area contributed by atoms with Gasteiger partial charge in [0.05, 0.1) is 7.11 Å². The second-order valence-electron chi connectivity index (χ2n) is 5.02. The van der Waals surface area contributed by atoms with Crippen molar-refractivity contribution in [2.24, 2.45) is 5.73 Å². The van der Waals surface area contributed by atoms with Gasteiger partial charge in [-0.05, 0) is 18.9 Å². The number of nitrogens with two attached hydrogens (primary N) is 1. The molecule has 0 unspecified atom stereocenters. The Morgan fingerprint density at radius 1 is 1.33 bits per heavy atom. The Morgan fingerprint density at radius 2 is 1.90 bits per heavy atom. The molecule has 1 saturated heterocycles. The Hall–Kier alpha value is -0.880. The molecule has 21 heavy (non-hydrogen) atoms. The predicted molar refractivity (Wildman–Crippen MR) is 84.3 cm³/mol. The van der Waals surface area contributed by atoms with E-state index in [0.29, 0.717) is 38.0 Å². The van der Waals surface area contributed by atoms with Crippen LogP contribution in [0.1, 0.15) is 18.4 Å². The number of halogens is 3. The van der Waals surface area contributed by atoms with Crippen molar-refractivity contribution in [1.82, 2.24) is 4.90 Å². The number of carbonyl (C=O) groups is 1. The lowest BCUT2D eigenvalue weighted by molar-refractivity contribution is -0.149. The Bertz CT molecular complexity index is 466. The van der Waals surface area contributed by atoms with Crippen molar-refractivity contribution < 1.29 is 13.9 Å². The van der Waals surface area contributed by atoms with Crippen molar-refractivity contribution in [3.05, 3.63) is 35.6 Å². The van der Waals surface area contributed by atoms with Gasteiger partial charge in [0.1, 0.15) is 11.4 Å². The van der Waals surface area contributed by atoms with Gasteiger partial charge >= 0.3 is 5.97 Å². The molecule has 0 amide bonds. The van der Waals surface area contributed by atoms with Gasteiger partial charge in [-0.15, -0.1) is 24.8 Å². The quantitative estimate of drug-likeness (QED) is 0.858. The number of carbonyl (C=O) groups excluding carboxylic acids is 1. The number of benzene rings is 1. The van der Waals surface area contributed by atoms with Crippen molar-refractivity contribution in [1.29, 1.82) is 0 Å². The third-order valence-electron chi connectivity index (χ3n) is 3.69. The van der Waals surface area contributed by atoms with Crippen LogP contribution in [-0.2, 0) is 16.1 Å². The number of nitrogens with zero attached hydrogens (tertiary/aromatic N) is 1. The lowest BCUT2D eigenvalue weighted by Gasteiger charge is -2.37. The third kappa shape index (κ3) is 4.81. The smallest absolute Gasteiger partial charge is 0.325 e. The first-order valence-electron chi connectivity index (χ1n) is 6.38. The highest BCUT2D eigenvalue weighted by molar-refractivity contribution is 5.85. The maximum absolute atomic E-state index is 13.6. The molecule has 1 heterocycles. The molecular weight excluding hydrogens is 318 g/mol. The number of likely N-dealkylation sites (tertiary alicyclic amines) is 1. The Labute approximate surface area is 136 Å². The third-order valence-corrected chi connectivity index (χ3v) is 3.69. The van der Waals surface area contributed by atoms with Crippen molar-refractivity contribution in [3.63, 3.8) is 0 Å². The zero-order valence-corrected chi connectivity index (χ0v) is 13.5. The molecule has 7 heteroatoms. The van der Waals surface area contributed by atoms with Crippen LogP contribution in [0.5, 0.6) is 0 Å². The predicted octanol–water partition coefficient (Wildman–Crippen LogP) is 2.14. The topological polar surface area (TPSA) is 55.6 Å². The van der Waals surface area contributed by atoms with Gasteiger partial charge in [-0.1, -0.05) is 18.2 Å². The minimum Gasteiger partial charge on any atom is -0.468 e. The maximum Gasteiger partial charge on any atom is 0.325 e. The van der Waals surface area contributed by atoms with Gasteiger partial charge in [-0.3, -0.25) is 9.69 Å². The summed E-state index contributed by atoms with van der Waals surface area (Å²) in [5, 5.41) is 0. The van der Waals surface area contributed by atoms with E-state index in [1.807, 2.05) is 6.07 Å². The van der Waals surface area contributed by atoms with Crippen LogP contribution in [0.4, 0.5) is 4.39 Å². The molecule has 1 aliphatic rings. The monoisotopic (exact) mass is 338 g/mol. The average Bonchev–Trinajstić information content (AvgIpc) is 2.43. The highest BCUT2D eigenvalue weighted by Gasteiger charge is 2.38. The highest BCUT2D eigenvalue weighted by atomic mass is 35.5. The number of ether oxygens (including phenoxy) is 1. The Balaban J connectivity index is 0.00000200. The van der Waals surface area contributed by atoms with Crippen molar-refractivity contribution in [2.45, 2.75) is 24.9 Å². The van der Waals surface area contributed by atoms with Crippen LogP contribution < -0.4 is 5.73 Å². The van der Waals surface area contributed by atoms with Crippen LogP contribution in [-0.4, -0.2) is 36.6 Å². The molecule has 2 rings (SSSR count). The van der Waals surface area contributed by atoms with E-state index >= 15 is 0 Å². The zero-order valence-electron chi connectivity index (χ0n) is 11.9. The summed E-state index contributed by atoms with van der Waals surface area (Å²) >= 11 is 0. The number of rotatable bonds is 3. The molecule has 120 valence electrons. The SMILES string of the molecule is COC(=O)C1(N)CCN(Cc2ccccc2F)CC1.Cl.Cl. The largest absolute Gasteiger partial charge is 0.468 e. The molecule has 0 saturated carbocycles. The van der Waals surface area contributed by atoms with E-state index in [9.17, 15) is 9.18 Å². The molecule has 0 spiro atoms. The lowest BCUT2D eigenvalue weighted by Crippen LogP contribution is -2.55. The van der Waals surface area contributed by atoms with Crippen LogP contribution in [0.3, 0.4) is 0 Å². The fraction of sp³-hybridized carbons (Fsp3) is 0.500. The summed E-state index contributed by atoms with van der Waals surface area (Å²) in [7, 11) is 1.35. The highest BCUT2D eigenvalue weighted by Crippen LogP contribution is 2.22. The first kappa shape index (κ1) is 20.1. The van der Waals surface area contributed by atoms with E-state index in [-0.39, 0.29) is 36.6 Å². The van der Waals surface area contributed by atoms with Gasteiger partial charge < -0.3 is 10.5 Å². The van der Waals surface area contributed by atoms with Gasteiger partial charge in [-0.25, -0.2) is 4.39 Å². The van der Waals surface area contributed by atoms with Crippen LogP contribution in [0.25, 0.3) is 0 Å². The van der Waals surface area contributed by atoms with E-state index in [1.54, 1.807) is 12.1 Å². The zero-order chi connectivity index (χ0) is 13.9. The standard InChI is InChI=1S/C14H19FN2O2.2ClH/c1-19-13(18)14(16)6-8-17(9-7-14)10-11-4-2-3-5-12(11)15;;/h2-5H,6-10,16H2,1H3;2*1H. The van der Waals surface area contributed by atoms with Crippen LogP contribution in [0.15, 0.2) is 24.3 Å². The van der Waals surface area contributed by atoms with Crippen LogP contribution >= 0.6 is 24.8 Å². The van der Waals surface area contributed by atoms with Crippen molar-refractivity contribution in [2.75, 3.05) is 20.2 Å². The van der Waals surface area contributed by atoms with Crippen molar-refractivity contribution >= 4 is 30.8 Å². The minimum absolute atomic E-state index is 0. The fourth-order valence-corrected chi connectivity index (χ4v) is 2.39. The molecule has 0 atom stereocenters. The fourth-order valence-electron chi connectivity index (χ4n) is 2.39. The molecule has 1 aromatic rings. The van der Waals surface area contributed by atoms with E-state index in [0.717, 1.165) is 0 Å². The molecule has 1 aliphatic heterocycles. The van der Waals surface area contributed by atoms with Crippen LogP contribution in [0, 0.1) is 5.82 Å². The van der Waals surface area contributed by atoms with E-state index < -0.39 is 5.54 Å². The minimum atomic E-state index is -0.888. The summed E-state index contributed by atoms with van der Waals surface area (Å²) in [6.07, 6.45) is 1.07. The second-order valence-corrected chi connectivity index (χ2v) is 5.02. The van der Waals surface area contributed by atoms with Gasteiger partial charge in [0, 0.05) is 25.2 Å². The maximum atomic E-state index is 13.6. The molecule has 2 N–H and O–H groups in total. The van der Waals surface area contributed by atoms with Crippen molar-refractivity contribution in [3.8, 4) is 0 Å². The average molecular weight is 339 g/mol. The summed E-state index contributed by atoms with van der Waals surface area (Å²) in [6.45, 7) is 1.88. The van der Waals surface area contributed by atoms with Gasteiger partial charge in [0.25, 0.3) is 0 Å². The summed E-state index contributed by atoms with van der Waals surface area (Å²) in [6, 6.07) is 6.74.